The van der Waals surface area contributed by atoms with Gasteiger partial charge in [0.1, 0.15) is 5.78 Å². The predicted molar refractivity (Wildman–Crippen MR) is 96.6 cm³/mol. The number of halogens is 1. The lowest BCUT2D eigenvalue weighted by atomic mass is 10.0. The summed E-state index contributed by atoms with van der Waals surface area (Å²) < 4.78 is 0.227. The Kier molecular flexibility index (Phi) is 9.21. The third kappa shape index (κ3) is 13.4. The maximum absolute atomic E-state index is 12.1. The Morgan fingerprint density at radius 2 is 1.84 bits per heavy atom. The zero-order valence-electron chi connectivity index (χ0n) is 13.3. The normalized spacial score (nSPS) is 14.5. The highest BCUT2D eigenvalue weighted by Crippen LogP contribution is 2.27. The molecular weight excluding hydrogens is 369 g/mol. The molecule has 0 fully saturated rings. The second kappa shape index (κ2) is 8.88. The van der Waals surface area contributed by atoms with Gasteiger partial charge in [0.25, 0.3) is 0 Å². The van der Waals surface area contributed by atoms with E-state index in [1.165, 1.54) is 0 Å². The number of hydrogen-bond donors (Lipinski definition) is 1. The quantitative estimate of drug-likeness (QED) is 0.463. The highest BCUT2D eigenvalue weighted by molar-refractivity contribution is 14.1. The molecule has 0 aliphatic rings. The molecule has 0 aromatic heterocycles. The van der Waals surface area contributed by atoms with Gasteiger partial charge in [-0.3, -0.25) is 4.79 Å². The van der Waals surface area contributed by atoms with Gasteiger partial charge in [-0.05, 0) is 24.6 Å². The summed E-state index contributed by atoms with van der Waals surface area (Å²) in [5, 5.41) is 3.62. The number of rotatable bonds is 9. The topological polar surface area (TPSA) is 29.1 Å². The van der Waals surface area contributed by atoms with E-state index in [1.54, 1.807) is 0 Å². The van der Waals surface area contributed by atoms with Gasteiger partial charge in [0.15, 0.2) is 0 Å². The monoisotopic (exact) mass is 399 g/mol. The molecule has 0 rings (SSSR count). The van der Waals surface area contributed by atoms with E-state index in [1.807, 2.05) is 18.8 Å². The highest BCUT2D eigenvalue weighted by atomic mass is 127. The van der Waals surface area contributed by atoms with Crippen LogP contribution < -0.4 is 5.32 Å². The van der Waals surface area contributed by atoms with Gasteiger partial charge < -0.3 is 5.32 Å². The van der Waals surface area contributed by atoms with Gasteiger partial charge in [-0.1, -0.05) is 57.2 Å². The molecule has 2 nitrogen and oxygen atoms in total. The molecule has 1 unspecified atom stereocenters. The van der Waals surface area contributed by atoms with Crippen molar-refractivity contribution >= 4 is 40.1 Å². The molecule has 0 heterocycles. The molecule has 0 aliphatic heterocycles. The van der Waals surface area contributed by atoms with Crippen molar-refractivity contribution in [2.75, 3.05) is 19.3 Å². The van der Waals surface area contributed by atoms with E-state index < -0.39 is 0 Å². The van der Waals surface area contributed by atoms with Crippen LogP contribution in [0.4, 0.5) is 0 Å². The number of carbonyl (C=O) groups excluding carboxylic acids is 1. The summed E-state index contributed by atoms with van der Waals surface area (Å²) in [6.07, 6.45) is 2.39. The Labute approximate surface area is 137 Å². The van der Waals surface area contributed by atoms with Crippen LogP contribution in [0.15, 0.2) is 0 Å². The summed E-state index contributed by atoms with van der Waals surface area (Å²) in [6, 6.07) is 0. The molecule has 19 heavy (non-hydrogen) atoms. The average Bonchev–Trinajstić information content (AvgIpc) is 2.21. The number of ketones is 1. The standard InChI is InChI=1S/C15H30INOS/c1-14(2,3)11-19-13(10-17-6)9-12(18)7-8-15(4,5)16/h13,17H,7-11H2,1-6H3. The Balaban J connectivity index is 4.15. The number of nitrogens with one attached hydrogen (secondary N) is 1. The van der Waals surface area contributed by atoms with Crippen LogP contribution in [0.2, 0.25) is 0 Å². The van der Waals surface area contributed by atoms with Gasteiger partial charge in [0.05, 0.1) is 0 Å². The fourth-order valence-electron chi connectivity index (χ4n) is 1.58. The molecule has 0 aromatic carbocycles. The van der Waals surface area contributed by atoms with Crippen LogP contribution in [-0.2, 0) is 4.79 Å². The molecule has 0 saturated carbocycles. The largest absolute Gasteiger partial charge is 0.319 e. The second-order valence-electron chi connectivity index (χ2n) is 7.01. The van der Waals surface area contributed by atoms with Crippen LogP contribution >= 0.6 is 34.4 Å². The number of thioether (sulfide) groups is 1. The van der Waals surface area contributed by atoms with Gasteiger partial charge in [0, 0.05) is 28.1 Å². The van der Waals surface area contributed by atoms with Crippen LogP contribution in [0, 0.1) is 5.41 Å². The summed E-state index contributed by atoms with van der Waals surface area (Å²) in [6.45, 7) is 12.0. The predicted octanol–water partition coefficient (Wildman–Crippen LogP) is 4.31. The molecule has 0 aromatic rings. The first-order valence-corrected chi connectivity index (χ1v) is 9.13. The van der Waals surface area contributed by atoms with Gasteiger partial charge in [-0.2, -0.15) is 11.8 Å². The number of alkyl halides is 1. The summed E-state index contributed by atoms with van der Waals surface area (Å²) in [7, 11) is 1.96. The van der Waals surface area contributed by atoms with Crippen molar-refractivity contribution < 1.29 is 4.79 Å². The molecule has 1 atom stereocenters. The van der Waals surface area contributed by atoms with Crippen LogP contribution in [0.1, 0.15) is 53.9 Å². The van der Waals surface area contributed by atoms with Crippen LogP contribution in [-0.4, -0.2) is 33.8 Å². The smallest absolute Gasteiger partial charge is 0.134 e. The molecule has 0 aliphatic carbocycles. The van der Waals surface area contributed by atoms with Crippen LogP contribution in [0.3, 0.4) is 0 Å². The molecule has 0 bridgehead atoms. The zero-order valence-corrected chi connectivity index (χ0v) is 16.3. The maximum Gasteiger partial charge on any atom is 0.134 e. The summed E-state index contributed by atoms with van der Waals surface area (Å²) in [4.78, 5) is 12.1. The molecule has 0 radical (unpaired) electrons. The van der Waals surface area contributed by atoms with Crippen molar-refractivity contribution in [1.82, 2.24) is 5.32 Å². The summed E-state index contributed by atoms with van der Waals surface area (Å²) in [5.74, 6) is 1.51. The number of carbonyl (C=O) groups is 1. The molecular formula is C15H30INOS. The van der Waals surface area contributed by atoms with E-state index in [4.69, 9.17) is 0 Å². The number of Topliss-reactive ketones (excluding diaryl/α,β-unsaturated/α-hetero) is 1. The highest BCUT2D eigenvalue weighted by Gasteiger charge is 2.20. The van der Waals surface area contributed by atoms with E-state index >= 15 is 0 Å². The summed E-state index contributed by atoms with van der Waals surface area (Å²) >= 11 is 4.35. The van der Waals surface area contributed by atoms with Gasteiger partial charge >= 0.3 is 0 Å². The minimum atomic E-state index is 0.227. The maximum atomic E-state index is 12.1. The first kappa shape index (κ1) is 19.7. The van der Waals surface area contributed by atoms with Crippen LogP contribution in [0.5, 0.6) is 0 Å². The summed E-state index contributed by atoms with van der Waals surface area (Å²) in [5.41, 5.74) is 0.323. The molecule has 0 saturated heterocycles. The van der Waals surface area contributed by atoms with Crippen molar-refractivity contribution in [2.24, 2.45) is 5.41 Å². The van der Waals surface area contributed by atoms with Crippen molar-refractivity contribution in [3.63, 3.8) is 0 Å². The average molecular weight is 399 g/mol. The Morgan fingerprint density at radius 1 is 1.26 bits per heavy atom. The molecule has 4 heteroatoms. The van der Waals surface area contributed by atoms with E-state index in [0.29, 0.717) is 29.3 Å². The third-order valence-corrected chi connectivity index (χ3v) is 5.01. The first-order valence-electron chi connectivity index (χ1n) is 7.00. The SMILES string of the molecule is CNCC(CC(=O)CCC(C)(C)I)SCC(C)(C)C. The van der Waals surface area contributed by atoms with E-state index in [2.05, 4.69) is 62.5 Å². The molecule has 0 amide bonds. The molecule has 114 valence electrons. The van der Waals surface area contributed by atoms with Crippen LogP contribution in [0.25, 0.3) is 0 Å². The van der Waals surface area contributed by atoms with Gasteiger partial charge in [0.2, 0.25) is 0 Å². The fraction of sp³-hybridized carbons (Fsp3) is 0.933. The minimum absolute atomic E-state index is 0.227. The van der Waals surface area contributed by atoms with Gasteiger partial charge in [-0.25, -0.2) is 0 Å². The lowest BCUT2D eigenvalue weighted by Crippen LogP contribution is -2.26. The lowest BCUT2D eigenvalue weighted by molar-refractivity contribution is -0.119. The molecule has 1 N–H and O–H groups in total. The lowest BCUT2D eigenvalue weighted by Gasteiger charge is -2.23. The number of hydrogen-bond acceptors (Lipinski definition) is 3. The van der Waals surface area contributed by atoms with Gasteiger partial charge in [-0.15, -0.1) is 0 Å². The van der Waals surface area contributed by atoms with Crippen molar-refractivity contribution in [3.05, 3.63) is 0 Å². The zero-order chi connectivity index (χ0) is 15.1. The Bertz CT molecular complexity index is 268. The first-order chi connectivity index (χ1) is 8.53. The van der Waals surface area contributed by atoms with Crippen molar-refractivity contribution in [1.29, 1.82) is 0 Å². The Morgan fingerprint density at radius 3 is 2.26 bits per heavy atom. The fourth-order valence-corrected chi connectivity index (χ4v) is 3.17. The van der Waals surface area contributed by atoms with E-state index in [0.717, 1.165) is 18.7 Å². The third-order valence-electron chi connectivity index (χ3n) is 2.64. The van der Waals surface area contributed by atoms with E-state index in [-0.39, 0.29) is 3.42 Å². The molecule has 0 spiro atoms. The minimum Gasteiger partial charge on any atom is -0.319 e. The van der Waals surface area contributed by atoms with Crippen molar-refractivity contribution in [3.8, 4) is 0 Å². The second-order valence-corrected chi connectivity index (χ2v) is 11.2. The van der Waals surface area contributed by atoms with Crippen molar-refractivity contribution in [2.45, 2.75) is 62.6 Å². The van der Waals surface area contributed by atoms with E-state index in [9.17, 15) is 4.79 Å². The Hall–Kier alpha value is 0.710.